The van der Waals surface area contributed by atoms with Crippen LogP contribution in [0.15, 0.2) is 54.6 Å². The quantitative estimate of drug-likeness (QED) is 0.0602. The van der Waals surface area contributed by atoms with Gasteiger partial charge in [-0.15, -0.1) is 0 Å². The molecule has 265 valence electrons. The van der Waals surface area contributed by atoms with Gasteiger partial charge in [-0.2, -0.15) is 0 Å². The molecule has 0 saturated carbocycles. The third kappa shape index (κ3) is 13.9. The maximum absolute atomic E-state index is 5.65. The van der Waals surface area contributed by atoms with Crippen LogP contribution in [0.3, 0.4) is 0 Å². The number of hydrogen-bond donors (Lipinski definition) is 0. The minimum absolute atomic E-state index is 0.322. The Morgan fingerprint density at radius 1 is 0.388 bits per heavy atom. The van der Waals surface area contributed by atoms with E-state index in [2.05, 4.69) is 36.4 Å². The number of benzene rings is 3. The lowest BCUT2D eigenvalue weighted by atomic mass is 10.3. The van der Waals surface area contributed by atoms with Gasteiger partial charge in [-0.05, 0) is 33.8 Å². The van der Waals surface area contributed by atoms with Crippen molar-refractivity contribution in [2.45, 2.75) is 94.1 Å². The van der Waals surface area contributed by atoms with Crippen LogP contribution in [-0.2, 0) is 0 Å². The third-order valence-corrected chi connectivity index (χ3v) is 16.1. The van der Waals surface area contributed by atoms with Crippen molar-refractivity contribution in [3.8, 4) is 34.5 Å². The van der Waals surface area contributed by atoms with Crippen molar-refractivity contribution in [2.24, 2.45) is 0 Å². The highest BCUT2D eigenvalue weighted by molar-refractivity contribution is 6.58. The number of ether oxygens (including phenoxy) is 6. The van der Waals surface area contributed by atoms with Crippen LogP contribution in [-0.4, -0.2) is 80.0 Å². The van der Waals surface area contributed by atoms with Crippen molar-refractivity contribution < 1.29 is 28.4 Å². The molecular formula is C39H57O6Si4. The van der Waals surface area contributed by atoms with Gasteiger partial charge < -0.3 is 28.4 Å². The first kappa shape index (κ1) is 40.8. The van der Waals surface area contributed by atoms with Crippen LogP contribution in [0.25, 0.3) is 0 Å². The SMILES string of the molecule is COc1cccc([Si]CCCCC[Si](CCCCC[Si]c2cccc(OC)c2OC)CCCCC[Si]c2cccc(OC)c2OC)c1OC. The van der Waals surface area contributed by atoms with Crippen LogP contribution in [0, 0.1) is 0 Å². The van der Waals surface area contributed by atoms with Crippen LogP contribution in [0.2, 0.25) is 36.3 Å². The Morgan fingerprint density at radius 3 is 0.959 bits per heavy atom. The molecule has 0 N–H and O–H groups in total. The van der Waals surface area contributed by atoms with Gasteiger partial charge in [-0.25, -0.2) is 0 Å². The van der Waals surface area contributed by atoms with Crippen molar-refractivity contribution in [1.29, 1.82) is 0 Å². The molecule has 0 heterocycles. The first-order valence-corrected chi connectivity index (χ1v) is 23.5. The number of rotatable bonds is 27. The first-order valence-electron chi connectivity index (χ1n) is 17.8. The maximum Gasteiger partial charge on any atom is 0.160 e. The summed E-state index contributed by atoms with van der Waals surface area (Å²) in [5.41, 5.74) is 0. The predicted molar refractivity (Wildman–Crippen MR) is 211 cm³/mol. The first-order chi connectivity index (χ1) is 24.1. The van der Waals surface area contributed by atoms with Crippen LogP contribution < -0.4 is 44.0 Å². The Bertz CT molecular complexity index is 1180. The fraction of sp³-hybridized carbons (Fsp3) is 0.538. The summed E-state index contributed by atoms with van der Waals surface area (Å²) in [4.78, 5) is 0. The lowest BCUT2D eigenvalue weighted by Gasteiger charge is -2.16. The molecule has 3 aromatic rings. The van der Waals surface area contributed by atoms with E-state index in [-0.39, 0.29) is 8.80 Å². The molecule has 0 amide bonds. The maximum atomic E-state index is 5.65. The number of unbranched alkanes of at least 4 members (excludes halogenated alkanes) is 6. The van der Waals surface area contributed by atoms with Gasteiger partial charge in [0.05, 0.1) is 71.2 Å². The molecule has 0 atom stereocenters. The number of hydrogen-bond acceptors (Lipinski definition) is 6. The van der Waals surface area contributed by atoms with Crippen molar-refractivity contribution in [3.05, 3.63) is 54.6 Å². The van der Waals surface area contributed by atoms with Gasteiger partial charge in [0, 0.05) is 8.80 Å². The molecule has 0 spiro atoms. The largest absolute Gasteiger partial charge is 0.493 e. The summed E-state index contributed by atoms with van der Waals surface area (Å²) in [6.45, 7) is 0. The van der Waals surface area contributed by atoms with Crippen LogP contribution >= 0.6 is 0 Å². The van der Waals surface area contributed by atoms with Gasteiger partial charge in [-0.1, -0.05) is 130 Å². The molecule has 0 aliphatic rings. The molecule has 0 unspecified atom stereocenters. The van der Waals surface area contributed by atoms with Crippen LogP contribution in [0.1, 0.15) is 57.8 Å². The molecule has 10 heteroatoms. The van der Waals surface area contributed by atoms with Crippen molar-refractivity contribution in [1.82, 2.24) is 0 Å². The highest BCUT2D eigenvalue weighted by Gasteiger charge is 2.14. The zero-order chi connectivity index (χ0) is 35.1. The molecule has 0 fully saturated rings. The fourth-order valence-electron chi connectivity index (χ4n) is 6.15. The molecule has 0 bridgehead atoms. The Kier molecular flexibility index (Phi) is 20.4. The summed E-state index contributed by atoms with van der Waals surface area (Å²) < 4.78 is 33.4. The van der Waals surface area contributed by atoms with E-state index in [9.17, 15) is 0 Å². The minimum Gasteiger partial charge on any atom is -0.493 e. The standard InChI is InChI=1S/C39H57O6Si4/c1-40-31-19-16-22-34(37(31)43-4)46-25-10-7-13-28-49(29-14-8-11-26-47-35-23-17-20-32(41-2)38(35)44-5)30-15-9-12-27-48-36-24-18-21-33(42-3)39(36)45-6/h16-24H,7-15,25-30H2,1-6H3. The van der Waals surface area contributed by atoms with E-state index in [0.29, 0.717) is 0 Å². The van der Waals surface area contributed by atoms with Gasteiger partial charge in [0.2, 0.25) is 0 Å². The Morgan fingerprint density at radius 2 is 0.694 bits per heavy atom. The second-order valence-electron chi connectivity index (χ2n) is 12.1. The summed E-state index contributed by atoms with van der Waals surface area (Å²) >= 11 is 0. The monoisotopic (exact) mass is 733 g/mol. The highest BCUT2D eigenvalue weighted by Crippen LogP contribution is 2.26. The van der Waals surface area contributed by atoms with Gasteiger partial charge in [0.15, 0.2) is 34.5 Å². The molecule has 3 aromatic carbocycles. The molecule has 6 nitrogen and oxygen atoms in total. The van der Waals surface area contributed by atoms with E-state index in [1.54, 1.807) is 42.7 Å². The lowest BCUT2D eigenvalue weighted by molar-refractivity contribution is 0.357. The Labute approximate surface area is 306 Å². The average Bonchev–Trinajstić information content (AvgIpc) is 3.14. The van der Waals surface area contributed by atoms with E-state index in [1.807, 2.05) is 18.2 Å². The Hall–Kier alpha value is -2.67. The summed E-state index contributed by atoms with van der Waals surface area (Å²) in [5.74, 6) is 5.21. The normalized spacial score (nSPS) is 11.1. The second-order valence-corrected chi connectivity index (χ2v) is 19.3. The molecule has 3 rings (SSSR count). The fourth-order valence-corrected chi connectivity index (χ4v) is 13.0. The average molecular weight is 734 g/mol. The molecular weight excluding hydrogens is 677 g/mol. The van der Waals surface area contributed by atoms with Gasteiger partial charge in [0.25, 0.3) is 0 Å². The summed E-state index contributed by atoms with van der Waals surface area (Å²) in [6, 6.07) is 26.8. The zero-order valence-corrected chi connectivity index (χ0v) is 34.8. The van der Waals surface area contributed by atoms with E-state index >= 15 is 0 Å². The van der Waals surface area contributed by atoms with E-state index in [0.717, 1.165) is 63.1 Å². The molecule has 49 heavy (non-hydrogen) atoms. The molecule has 0 aromatic heterocycles. The van der Waals surface area contributed by atoms with Crippen molar-refractivity contribution in [3.63, 3.8) is 0 Å². The van der Waals surface area contributed by atoms with E-state index in [4.69, 9.17) is 28.4 Å². The van der Waals surface area contributed by atoms with Gasteiger partial charge in [-0.3, -0.25) is 0 Å². The van der Waals surface area contributed by atoms with Crippen LogP contribution in [0.5, 0.6) is 34.5 Å². The van der Waals surface area contributed by atoms with Crippen LogP contribution in [0.4, 0.5) is 0 Å². The summed E-state index contributed by atoms with van der Waals surface area (Å²) in [6.07, 6.45) is 12.0. The molecule has 0 saturated heterocycles. The molecule has 7 radical (unpaired) electrons. The zero-order valence-electron chi connectivity index (χ0n) is 30.8. The Balaban J connectivity index is 1.40. The minimum atomic E-state index is -0.322. The topological polar surface area (TPSA) is 55.4 Å². The predicted octanol–water partition coefficient (Wildman–Crippen LogP) is 7.39. The summed E-state index contributed by atoms with van der Waals surface area (Å²) in [5, 5.41) is 3.84. The lowest BCUT2D eigenvalue weighted by Crippen LogP contribution is -2.17. The second kappa shape index (κ2) is 24.5. The van der Waals surface area contributed by atoms with E-state index < -0.39 is 0 Å². The number of methoxy groups -OCH3 is 6. The number of para-hydroxylation sites is 3. The van der Waals surface area contributed by atoms with Gasteiger partial charge >= 0.3 is 0 Å². The third-order valence-electron chi connectivity index (χ3n) is 8.78. The highest BCUT2D eigenvalue weighted by atomic mass is 28.3. The van der Waals surface area contributed by atoms with Crippen molar-refractivity contribution >= 4 is 52.9 Å². The van der Waals surface area contributed by atoms with Gasteiger partial charge in [0.1, 0.15) is 0 Å². The smallest absolute Gasteiger partial charge is 0.160 e. The molecule has 0 aliphatic heterocycles. The van der Waals surface area contributed by atoms with E-state index in [1.165, 1.54) is 110 Å². The van der Waals surface area contributed by atoms with Crippen molar-refractivity contribution in [2.75, 3.05) is 42.7 Å². The molecule has 0 aliphatic carbocycles. The summed E-state index contributed by atoms with van der Waals surface area (Å²) in [7, 11) is 12.3.